The van der Waals surface area contributed by atoms with E-state index in [0.717, 1.165) is 41.5 Å². The van der Waals surface area contributed by atoms with Gasteiger partial charge in [0.25, 0.3) is 0 Å². The Labute approximate surface area is 224 Å². The number of aryl methyl sites for hydroxylation is 1. The molecule has 0 radical (unpaired) electrons. The number of likely N-dealkylation sites (tertiary alicyclic amines) is 1. The summed E-state index contributed by atoms with van der Waals surface area (Å²) in [5.74, 6) is 1.57. The van der Waals surface area contributed by atoms with E-state index in [9.17, 15) is 4.79 Å². The number of benzene rings is 2. The Kier molecular flexibility index (Phi) is 6.55. The Bertz CT molecular complexity index is 1700. The number of carbonyl (C=O) groups is 1. The number of ether oxygens (including phenoxy) is 1. The highest BCUT2D eigenvalue weighted by molar-refractivity contribution is 6.02. The lowest BCUT2D eigenvalue weighted by Gasteiger charge is -2.14. The third kappa shape index (κ3) is 5.39. The number of rotatable bonds is 7. The van der Waals surface area contributed by atoms with Crippen molar-refractivity contribution in [1.82, 2.24) is 34.4 Å². The fourth-order valence-electron chi connectivity index (χ4n) is 4.65. The normalized spacial score (nSPS) is 15.8. The predicted molar refractivity (Wildman–Crippen MR) is 148 cm³/mol. The lowest BCUT2D eigenvalue weighted by atomic mass is 10.1. The number of fused-ring (bicyclic) bond motifs is 2. The van der Waals surface area contributed by atoms with Gasteiger partial charge in [0, 0.05) is 34.9 Å². The molecule has 2 N–H and O–H groups in total. The van der Waals surface area contributed by atoms with Crippen LogP contribution in [-0.4, -0.2) is 60.0 Å². The number of anilines is 3. The number of carbonyl (C=O) groups excluding carboxylic acids is 1. The van der Waals surface area contributed by atoms with Crippen LogP contribution in [-0.2, 0) is 4.79 Å². The fraction of sp³-hybridized carbons (Fsp3) is 0.214. The first kappa shape index (κ1) is 24.4. The number of hydrogen-bond acceptors (Lipinski definition) is 9. The summed E-state index contributed by atoms with van der Waals surface area (Å²) < 4.78 is 7.69. The van der Waals surface area contributed by atoms with Crippen LogP contribution in [0.25, 0.3) is 16.6 Å². The van der Waals surface area contributed by atoms with Crippen molar-refractivity contribution in [1.29, 1.82) is 0 Å². The first-order chi connectivity index (χ1) is 19.0. The minimum Gasteiger partial charge on any atom is -0.439 e. The summed E-state index contributed by atoms with van der Waals surface area (Å²) >= 11 is 0. The summed E-state index contributed by atoms with van der Waals surface area (Å²) in [6, 6.07) is 13.4. The zero-order chi connectivity index (χ0) is 26.8. The minimum atomic E-state index is -0.162. The lowest BCUT2D eigenvalue weighted by molar-refractivity contribution is -0.111. The summed E-state index contributed by atoms with van der Waals surface area (Å²) in [7, 11) is 2.08. The van der Waals surface area contributed by atoms with Gasteiger partial charge in [-0.1, -0.05) is 6.08 Å². The second-order valence-electron chi connectivity index (χ2n) is 9.52. The van der Waals surface area contributed by atoms with E-state index in [2.05, 4.69) is 47.7 Å². The Hall–Kier alpha value is -4.90. The molecule has 4 heterocycles. The van der Waals surface area contributed by atoms with Crippen LogP contribution in [0.3, 0.4) is 0 Å². The average Bonchev–Trinajstić information content (AvgIpc) is 3.57. The number of nitrogens with one attached hydrogen (secondary N) is 2. The molecule has 11 heteroatoms. The molecule has 39 heavy (non-hydrogen) atoms. The molecule has 1 fully saturated rings. The first-order valence-electron chi connectivity index (χ1n) is 12.7. The fourth-order valence-corrected chi connectivity index (χ4v) is 4.65. The number of aromatic nitrogens is 6. The van der Waals surface area contributed by atoms with Crippen molar-refractivity contribution in [3.05, 3.63) is 79.2 Å². The highest BCUT2D eigenvalue weighted by Gasteiger charge is 2.18. The van der Waals surface area contributed by atoms with Crippen LogP contribution in [0.15, 0.2) is 73.6 Å². The zero-order valence-electron chi connectivity index (χ0n) is 21.6. The molecule has 1 saturated heterocycles. The van der Waals surface area contributed by atoms with E-state index in [1.165, 1.54) is 6.33 Å². The van der Waals surface area contributed by atoms with Crippen LogP contribution in [0, 0.1) is 6.92 Å². The Morgan fingerprint density at radius 1 is 1.08 bits per heavy atom. The highest BCUT2D eigenvalue weighted by atomic mass is 16.5. The van der Waals surface area contributed by atoms with Crippen LogP contribution in [0.4, 0.5) is 17.2 Å². The molecular formula is C28H27N9O2. The second-order valence-corrected chi connectivity index (χ2v) is 9.52. The molecule has 5 aromatic rings. The molecule has 1 unspecified atom stereocenters. The maximum Gasteiger partial charge on any atom is 0.248 e. The van der Waals surface area contributed by atoms with E-state index < -0.39 is 0 Å². The molecule has 3 aromatic heterocycles. The first-order valence-corrected chi connectivity index (χ1v) is 12.7. The van der Waals surface area contributed by atoms with Crippen molar-refractivity contribution in [3.63, 3.8) is 0 Å². The smallest absolute Gasteiger partial charge is 0.248 e. The number of amides is 1. The van der Waals surface area contributed by atoms with E-state index in [4.69, 9.17) is 4.74 Å². The van der Waals surface area contributed by atoms with Gasteiger partial charge in [-0.15, -0.1) is 10.2 Å². The molecule has 1 aliphatic rings. The average molecular weight is 522 g/mol. The molecule has 1 atom stereocenters. The molecule has 2 aromatic carbocycles. The molecular weight excluding hydrogens is 494 g/mol. The van der Waals surface area contributed by atoms with Gasteiger partial charge in [0.15, 0.2) is 5.65 Å². The van der Waals surface area contributed by atoms with E-state index >= 15 is 0 Å². The number of likely N-dealkylation sites (N-methyl/N-ethyl adjacent to an activating group) is 1. The monoisotopic (exact) mass is 521 g/mol. The molecule has 6 rings (SSSR count). The van der Waals surface area contributed by atoms with Gasteiger partial charge in [-0.3, -0.25) is 14.1 Å². The molecule has 1 amide bonds. The van der Waals surface area contributed by atoms with Gasteiger partial charge in [-0.25, -0.2) is 15.0 Å². The van der Waals surface area contributed by atoms with E-state index in [0.29, 0.717) is 34.8 Å². The predicted octanol–water partition coefficient (Wildman–Crippen LogP) is 4.50. The third-order valence-corrected chi connectivity index (χ3v) is 6.76. The van der Waals surface area contributed by atoms with Gasteiger partial charge in [-0.05, 0) is 75.3 Å². The van der Waals surface area contributed by atoms with Crippen LogP contribution < -0.4 is 15.4 Å². The maximum absolute atomic E-state index is 12.6. The lowest BCUT2D eigenvalue weighted by Crippen LogP contribution is -2.23. The molecule has 0 spiro atoms. The van der Waals surface area contributed by atoms with Gasteiger partial charge < -0.3 is 15.4 Å². The summed E-state index contributed by atoms with van der Waals surface area (Å²) in [5.41, 5.74) is 3.83. The van der Waals surface area contributed by atoms with Crippen LogP contribution in [0.2, 0.25) is 0 Å². The Balaban J connectivity index is 1.18. The Morgan fingerprint density at radius 3 is 2.82 bits per heavy atom. The standard InChI is InChI=1S/C28H27N9O2/c1-18-12-19(6-9-24(18)39-27-14-25-35-32-17-37(25)16-31-27)34-28-22-13-20(5-8-23(22)29-15-30-28)33-26(38)10-7-21-4-3-11-36(21)2/h5-10,12-17,21H,3-4,11H2,1-2H3,(H,33,38)(H,29,30,34)/b10-7+. The molecule has 11 nitrogen and oxygen atoms in total. The maximum atomic E-state index is 12.6. The van der Waals surface area contributed by atoms with Crippen molar-refractivity contribution >= 4 is 39.6 Å². The highest BCUT2D eigenvalue weighted by Crippen LogP contribution is 2.30. The molecule has 1 aliphatic heterocycles. The molecule has 0 saturated carbocycles. The van der Waals surface area contributed by atoms with Crippen LogP contribution >= 0.6 is 0 Å². The third-order valence-electron chi connectivity index (χ3n) is 6.76. The van der Waals surface area contributed by atoms with E-state index in [1.54, 1.807) is 29.2 Å². The van der Waals surface area contributed by atoms with Crippen molar-refractivity contribution in [2.45, 2.75) is 25.8 Å². The Morgan fingerprint density at radius 2 is 1.97 bits per heavy atom. The van der Waals surface area contributed by atoms with Gasteiger partial charge >= 0.3 is 0 Å². The summed E-state index contributed by atoms with van der Waals surface area (Å²) in [5, 5.41) is 15.0. The summed E-state index contributed by atoms with van der Waals surface area (Å²) in [6.07, 6.45) is 10.5. The zero-order valence-corrected chi connectivity index (χ0v) is 21.6. The number of nitrogens with zero attached hydrogens (tertiary/aromatic N) is 7. The SMILES string of the molecule is Cc1cc(Nc2ncnc3ccc(NC(=O)/C=C/C4CCCN4C)cc23)ccc1Oc1cc2nncn2cn1. The van der Waals surface area contributed by atoms with Gasteiger partial charge in [0.2, 0.25) is 11.8 Å². The van der Waals surface area contributed by atoms with Crippen LogP contribution in [0.1, 0.15) is 18.4 Å². The van der Waals surface area contributed by atoms with Gasteiger partial charge in [0.05, 0.1) is 5.52 Å². The van der Waals surface area contributed by atoms with E-state index in [1.807, 2.05) is 49.4 Å². The van der Waals surface area contributed by atoms with Crippen LogP contribution in [0.5, 0.6) is 11.6 Å². The minimum absolute atomic E-state index is 0.162. The molecule has 0 bridgehead atoms. The summed E-state index contributed by atoms with van der Waals surface area (Å²) in [6.45, 7) is 3.02. The quantitative estimate of drug-likeness (QED) is 0.298. The van der Waals surface area contributed by atoms with Gasteiger partial charge in [0.1, 0.15) is 30.5 Å². The van der Waals surface area contributed by atoms with E-state index in [-0.39, 0.29) is 5.91 Å². The summed E-state index contributed by atoms with van der Waals surface area (Å²) in [4.78, 5) is 27.9. The molecule has 0 aliphatic carbocycles. The number of hydrogen-bond donors (Lipinski definition) is 2. The second kappa shape index (κ2) is 10.5. The topological polar surface area (TPSA) is 122 Å². The van der Waals surface area contributed by atoms with Gasteiger partial charge in [-0.2, -0.15) is 0 Å². The largest absolute Gasteiger partial charge is 0.439 e. The van der Waals surface area contributed by atoms with Crippen molar-refractivity contribution in [2.75, 3.05) is 24.2 Å². The van der Waals surface area contributed by atoms with Crippen molar-refractivity contribution < 1.29 is 9.53 Å². The molecule has 196 valence electrons. The van der Waals surface area contributed by atoms with Crippen molar-refractivity contribution in [3.8, 4) is 11.6 Å². The van der Waals surface area contributed by atoms with Crippen molar-refractivity contribution in [2.24, 2.45) is 0 Å².